The molecule has 0 saturated heterocycles. The van der Waals surface area contributed by atoms with Gasteiger partial charge in [-0.15, -0.1) is 0 Å². The first-order valence-corrected chi connectivity index (χ1v) is 7.39. The summed E-state index contributed by atoms with van der Waals surface area (Å²) >= 11 is 0. The van der Waals surface area contributed by atoms with Gasteiger partial charge in [0.05, 0.1) is 0 Å². The predicted octanol–water partition coefficient (Wildman–Crippen LogP) is 5.13. The van der Waals surface area contributed by atoms with E-state index in [1.807, 2.05) is 13.8 Å². The first-order valence-electron chi connectivity index (χ1n) is 7.39. The van der Waals surface area contributed by atoms with E-state index >= 15 is 0 Å². The molecule has 0 aromatic carbocycles. The molecule has 0 radical (unpaired) electrons. The maximum atomic E-state index is 2.36. The van der Waals surface area contributed by atoms with E-state index in [-0.39, 0.29) is 5.48 Å². The minimum atomic E-state index is 0. The molecule has 100 valence electrons. The lowest BCUT2D eigenvalue weighted by Gasteiger charge is -2.15. The van der Waals surface area contributed by atoms with Gasteiger partial charge in [-0.3, -0.25) is 0 Å². The molecule has 2 aliphatic rings. The van der Waals surface area contributed by atoms with Crippen LogP contribution in [0, 0.1) is 5.92 Å². The largest absolute Gasteiger partial charge is 0.412 e. The molecule has 0 aliphatic heterocycles. The summed E-state index contributed by atoms with van der Waals surface area (Å²) in [5.74, 6) is 1.04. The molecule has 0 unspecified atom stereocenters. The second-order valence-electron chi connectivity index (χ2n) is 4.86. The average Bonchev–Trinajstić information content (AvgIpc) is 2.36. The highest BCUT2D eigenvalue weighted by Gasteiger charge is 2.05. The van der Waals surface area contributed by atoms with Gasteiger partial charge in [0.2, 0.25) is 0 Å². The predicted molar refractivity (Wildman–Crippen MR) is 74.9 cm³/mol. The Bertz CT molecular complexity index is 90.5. The minimum absolute atomic E-state index is 0. The second-order valence-corrected chi connectivity index (χ2v) is 4.86. The van der Waals surface area contributed by atoms with E-state index in [2.05, 4.69) is 6.92 Å². The van der Waals surface area contributed by atoms with Crippen LogP contribution in [0.4, 0.5) is 0 Å². The van der Waals surface area contributed by atoms with Crippen LogP contribution in [-0.4, -0.2) is 5.48 Å². The summed E-state index contributed by atoms with van der Waals surface area (Å²) in [4.78, 5) is 0. The normalized spacial score (nSPS) is 20.4. The number of hydrogen-bond donors (Lipinski definition) is 0. The van der Waals surface area contributed by atoms with Crippen LogP contribution in [0.5, 0.6) is 0 Å². The zero-order valence-corrected chi connectivity index (χ0v) is 11.9. The molecule has 0 bridgehead atoms. The van der Waals surface area contributed by atoms with Gasteiger partial charge in [0.25, 0.3) is 0 Å². The van der Waals surface area contributed by atoms with Crippen LogP contribution in [0.2, 0.25) is 0 Å². The van der Waals surface area contributed by atoms with Crippen molar-refractivity contribution in [2.75, 3.05) is 0 Å². The fourth-order valence-electron chi connectivity index (χ4n) is 2.37. The third-order valence-electron chi connectivity index (χ3n) is 3.39. The first kappa shape index (κ1) is 18.3. The van der Waals surface area contributed by atoms with Gasteiger partial charge in [-0.05, 0) is 5.92 Å². The third-order valence-corrected chi connectivity index (χ3v) is 3.39. The Kier molecular flexibility index (Phi) is 17.1. The van der Waals surface area contributed by atoms with Gasteiger partial charge >= 0.3 is 0 Å². The Morgan fingerprint density at radius 3 is 1.00 bits per heavy atom. The number of hydrogen-bond acceptors (Lipinski definition) is 0. The molecule has 0 amide bonds. The van der Waals surface area contributed by atoms with Gasteiger partial charge in [0, 0.05) is 0 Å². The Morgan fingerprint density at radius 2 is 0.812 bits per heavy atom. The minimum Gasteiger partial charge on any atom is -0.412 e. The van der Waals surface area contributed by atoms with Crippen molar-refractivity contribution < 1.29 is 5.48 Å². The van der Waals surface area contributed by atoms with Crippen LogP contribution in [0.1, 0.15) is 91.4 Å². The molecule has 0 aromatic heterocycles. The van der Waals surface area contributed by atoms with Gasteiger partial charge < -0.3 is 5.48 Å². The molecular weight excluding hydrogens is 196 g/mol. The standard InChI is InChI=1S/C7H14.C6H12.C2H6.H2O/c1-7-5-3-2-4-6-7;1-2-4-6-5-3-1;1-2;/h7H,2-6H2,1H3;1-6H2;1-2H3;1H2. The summed E-state index contributed by atoms with van der Waals surface area (Å²) in [5.41, 5.74) is 0. The van der Waals surface area contributed by atoms with Crippen molar-refractivity contribution in [2.24, 2.45) is 5.92 Å². The molecule has 2 N–H and O–H groups in total. The van der Waals surface area contributed by atoms with Crippen molar-refractivity contribution >= 4 is 0 Å². The molecule has 0 atom stereocenters. The highest BCUT2D eigenvalue weighted by molar-refractivity contribution is 4.59. The van der Waals surface area contributed by atoms with Crippen LogP contribution in [-0.2, 0) is 0 Å². The molecule has 0 heterocycles. The van der Waals surface area contributed by atoms with E-state index in [9.17, 15) is 0 Å². The van der Waals surface area contributed by atoms with Crippen LogP contribution in [0.3, 0.4) is 0 Å². The molecule has 0 aromatic rings. The Morgan fingerprint density at radius 1 is 0.562 bits per heavy atom. The SMILES string of the molecule is C1CCCCC1.CC.CC1CCCCC1.O. The monoisotopic (exact) mass is 230 g/mol. The average molecular weight is 230 g/mol. The van der Waals surface area contributed by atoms with Crippen molar-refractivity contribution in [3.05, 3.63) is 0 Å². The number of rotatable bonds is 0. The zero-order valence-electron chi connectivity index (χ0n) is 11.9. The van der Waals surface area contributed by atoms with Crippen LogP contribution in [0.15, 0.2) is 0 Å². The van der Waals surface area contributed by atoms with E-state index in [1.54, 1.807) is 0 Å². The van der Waals surface area contributed by atoms with E-state index in [0.29, 0.717) is 0 Å². The van der Waals surface area contributed by atoms with Crippen molar-refractivity contribution in [1.29, 1.82) is 0 Å². The van der Waals surface area contributed by atoms with Crippen molar-refractivity contribution in [1.82, 2.24) is 0 Å². The quantitative estimate of drug-likeness (QED) is 0.552. The fraction of sp³-hybridized carbons (Fsp3) is 1.00. The van der Waals surface area contributed by atoms with E-state index in [0.717, 1.165) is 5.92 Å². The van der Waals surface area contributed by atoms with Crippen molar-refractivity contribution in [2.45, 2.75) is 91.4 Å². The highest BCUT2D eigenvalue weighted by atomic mass is 16.0. The lowest BCUT2D eigenvalue weighted by atomic mass is 9.91. The zero-order chi connectivity index (χ0) is 11.4. The summed E-state index contributed by atoms with van der Waals surface area (Å²) < 4.78 is 0. The maximum absolute atomic E-state index is 2.36. The summed E-state index contributed by atoms with van der Waals surface area (Å²) in [7, 11) is 0. The summed E-state index contributed by atoms with van der Waals surface area (Å²) in [5, 5.41) is 0. The smallest absolute Gasteiger partial charge is 0.0443 e. The molecule has 1 nitrogen and oxygen atoms in total. The van der Waals surface area contributed by atoms with Gasteiger partial charge in [-0.2, -0.15) is 0 Å². The Labute approximate surface area is 103 Å². The molecule has 1 heteroatoms. The molecule has 0 spiro atoms. The van der Waals surface area contributed by atoms with E-state index in [4.69, 9.17) is 0 Å². The van der Waals surface area contributed by atoms with Gasteiger partial charge in [-0.1, -0.05) is 91.4 Å². The van der Waals surface area contributed by atoms with Gasteiger partial charge in [-0.25, -0.2) is 0 Å². The maximum Gasteiger partial charge on any atom is -0.0443 e. The van der Waals surface area contributed by atoms with Crippen molar-refractivity contribution in [3.63, 3.8) is 0 Å². The molecule has 2 fully saturated rings. The Balaban J connectivity index is 0. The topological polar surface area (TPSA) is 31.5 Å². The van der Waals surface area contributed by atoms with E-state index < -0.39 is 0 Å². The molecule has 2 saturated carbocycles. The summed E-state index contributed by atoms with van der Waals surface area (Å²) in [6.45, 7) is 6.36. The van der Waals surface area contributed by atoms with E-state index in [1.165, 1.54) is 70.6 Å². The lowest BCUT2D eigenvalue weighted by molar-refractivity contribution is 0.385. The second kappa shape index (κ2) is 15.0. The van der Waals surface area contributed by atoms with Crippen LogP contribution in [0.25, 0.3) is 0 Å². The van der Waals surface area contributed by atoms with Gasteiger partial charge in [0.1, 0.15) is 0 Å². The molecule has 2 aliphatic carbocycles. The van der Waals surface area contributed by atoms with Crippen LogP contribution < -0.4 is 0 Å². The summed E-state index contributed by atoms with van der Waals surface area (Å²) in [6, 6.07) is 0. The lowest BCUT2D eigenvalue weighted by Crippen LogP contribution is -1.99. The summed E-state index contributed by atoms with van der Waals surface area (Å²) in [6.07, 6.45) is 16.4. The third kappa shape index (κ3) is 12.0. The van der Waals surface area contributed by atoms with Crippen molar-refractivity contribution in [3.8, 4) is 0 Å². The molecular formula is C15H34O. The molecule has 16 heavy (non-hydrogen) atoms. The van der Waals surface area contributed by atoms with Gasteiger partial charge in [0.15, 0.2) is 0 Å². The highest BCUT2D eigenvalue weighted by Crippen LogP contribution is 2.22. The molecule has 2 rings (SSSR count). The fourth-order valence-corrected chi connectivity index (χ4v) is 2.37. The van der Waals surface area contributed by atoms with Crippen LogP contribution >= 0.6 is 0 Å². The Hall–Kier alpha value is -0.0400. The first-order chi connectivity index (χ1) is 7.39.